The molecule has 0 aliphatic carbocycles. The second-order valence-corrected chi connectivity index (χ2v) is 11.9. The largest absolute Gasteiger partial charge is 0.466 e. The molecule has 0 bridgehead atoms. The summed E-state index contributed by atoms with van der Waals surface area (Å²) >= 11 is 4.53. The molecule has 5 aromatic rings. The van der Waals surface area contributed by atoms with Gasteiger partial charge in [0.2, 0.25) is 0 Å². The number of thiazole rings is 1. The van der Waals surface area contributed by atoms with E-state index in [0.717, 1.165) is 32.3 Å². The Balaban J connectivity index is 1.55. The molecule has 200 valence electrons. The third-order valence-corrected chi connectivity index (χ3v) is 9.27. The normalized spacial score (nSPS) is 15.2. The van der Waals surface area contributed by atoms with Crippen LogP contribution in [0.25, 0.3) is 22.3 Å². The SMILES string of the molecule is COC(=O)C1=C(C)N=c2sc(=Cc3cn(-c4ccccc4)nc3-c3cccs3)c(=O)n2C1c1ccc(SC)cc1. The highest BCUT2D eigenvalue weighted by Crippen LogP contribution is 2.32. The summed E-state index contributed by atoms with van der Waals surface area (Å²) in [5.74, 6) is -0.501. The number of carbonyl (C=O) groups is 1. The second kappa shape index (κ2) is 10.9. The first-order valence-corrected chi connectivity index (χ1v) is 15.3. The molecule has 0 fully saturated rings. The summed E-state index contributed by atoms with van der Waals surface area (Å²) in [6.07, 6.45) is 5.81. The topological polar surface area (TPSA) is 78.5 Å². The molecule has 3 aromatic heterocycles. The number of para-hydroxylation sites is 1. The minimum absolute atomic E-state index is 0.221. The Labute approximate surface area is 242 Å². The van der Waals surface area contributed by atoms with E-state index in [1.54, 1.807) is 34.6 Å². The van der Waals surface area contributed by atoms with Gasteiger partial charge in [-0.3, -0.25) is 9.36 Å². The minimum atomic E-state index is -0.648. The Morgan fingerprint density at radius 2 is 1.85 bits per heavy atom. The van der Waals surface area contributed by atoms with Crippen molar-refractivity contribution >= 4 is 46.5 Å². The van der Waals surface area contributed by atoms with Gasteiger partial charge in [-0.25, -0.2) is 14.5 Å². The number of aromatic nitrogens is 3. The van der Waals surface area contributed by atoms with Gasteiger partial charge in [-0.1, -0.05) is 47.7 Å². The number of ether oxygens (including phenoxy) is 1. The molecule has 2 aromatic carbocycles. The Hall–Kier alpha value is -3.99. The van der Waals surface area contributed by atoms with Crippen molar-refractivity contribution in [2.45, 2.75) is 17.9 Å². The molecule has 0 spiro atoms. The molecular formula is C30H24N4O3S3. The van der Waals surface area contributed by atoms with Crippen molar-refractivity contribution in [2.24, 2.45) is 4.99 Å². The summed E-state index contributed by atoms with van der Waals surface area (Å²) in [5.41, 5.74) is 4.02. The number of thiophene rings is 1. The van der Waals surface area contributed by atoms with E-state index in [9.17, 15) is 9.59 Å². The molecule has 7 nitrogen and oxygen atoms in total. The van der Waals surface area contributed by atoms with Crippen molar-refractivity contribution in [3.63, 3.8) is 0 Å². The van der Waals surface area contributed by atoms with Crippen molar-refractivity contribution in [3.05, 3.63) is 120 Å². The third-order valence-electron chi connectivity index (χ3n) is 6.66. The molecule has 1 unspecified atom stereocenters. The van der Waals surface area contributed by atoms with Crippen LogP contribution in [0.15, 0.2) is 104 Å². The van der Waals surface area contributed by atoms with Crippen molar-refractivity contribution in [3.8, 4) is 16.3 Å². The molecule has 0 N–H and O–H groups in total. The molecule has 0 saturated heterocycles. The van der Waals surface area contributed by atoms with Crippen LogP contribution in [0.4, 0.5) is 0 Å². The summed E-state index contributed by atoms with van der Waals surface area (Å²) < 4.78 is 9.07. The molecule has 1 atom stereocenters. The highest BCUT2D eigenvalue weighted by molar-refractivity contribution is 7.98. The van der Waals surface area contributed by atoms with Crippen LogP contribution < -0.4 is 14.9 Å². The fourth-order valence-corrected chi connectivity index (χ4v) is 6.92. The number of benzene rings is 2. The first-order valence-electron chi connectivity index (χ1n) is 12.4. The zero-order valence-electron chi connectivity index (χ0n) is 21.9. The number of nitrogens with zero attached hydrogens (tertiary/aromatic N) is 4. The van der Waals surface area contributed by atoms with E-state index < -0.39 is 12.0 Å². The Bertz CT molecular complexity index is 1920. The fourth-order valence-electron chi connectivity index (χ4n) is 4.75. The van der Waals surface area contributed by atoms with Crippen molar-refractivity contribution in [1.82, 2.24) is 14.3 Å². The number of thioether (sulfide) groups is 1. The van der Waals surface area contributed by atoms with E-state index in [1.165, 1.54) is 18.4 Å². The highest BCUT2D eigenvalue weighted by atomic mass is 32.2. The number of allylic oxidation sites excluding steroid dienone is 1. The first-order chi connectivity index (χ1) is 19.5. The van der Waals surface area contributed by atoms with Gasteiger partial charge in [0.15, 0.2) is 4.80 Å². The predicted molar refractivity (Wildman–Crippen MR) is 161 cm³/mol. The summed E-state index contributed by atoms with van der Waals surface area (Å²) in [6, 6.07) is 21.1. The van der Waals surface area contributed by atoms with Gasteiger partial charge in [-0.05, 0) is 60.5 Å². The van der Waals surface area contributed by atoms with E-state index in [4.69, 9.17) is 9.84 Å². The van der Waals surface area contributed by atoms with Crippen LogP contribution in [0.2, 0.25) is 0 Å². The maximum atomic E-state index is 14.0. The molecule has 10 heteroatoms. The maximum Gasteiger partial charge on any atom is 0.338 e. The van der Waals surface area contributed by atoms with E-state index >= 15 is 0 Å². The van der Waals surface area contributed by atoms with Crippen LogP contribution in [-0.4, -0.2) is 33.7 Å². The number of carbonyl (C=O) groups excluding carboxylic acids is 1. The van der Waals surface area contributed by atoms with Gasteiger partial charge in [0.25, 0.3) is 5.56 Å². The molecule has 4 heterocycles. The lowest BCUT2D eigenvalue weighted by molar-refractivity contribution is -0.136. The third kappa shape index (κ3) is 4.68. The van der Waals surface area contributed by atoms with Crippen molar-refractivity contribution < 1.29 is 9.53 Å². The molecule has 1 aliphatic heterocycles. The van der Waals surface area contributed by atoms with Gasteiger partial charge < -0.3 is 4.74 Å². The molecule has 0 amide bonds. The summed E-state index contributed by atoms with van der Waals surface area (Å²) in [6.45, 7) is 1.78. The number of methoxy groups -OCH3 is 1. The summed E-state index contributed by atoms with van der Waals surface area (Å²) in [4.78, 5) is 34.3. The van der Waals surface area contributed by atoms with Crippen LogP contribution in [0.1, 0.15) is 24.1 Å². The minimum Gasteiger partial charge on any atom is -0.466 e. The predicted octanol–water partition coefficient (Wildman–Crippen LogP) is 5.04. The zero-order valence-corrected chi connectivity index (χ0v) is 24.3. The number of esters is 1. The van der Waals surface area contributed by atoms with Crippen LogP contribution in [0, 0.1) is 0 Å². The van der Waals surface area contributed by atoms with E-state index in [2.05, 4.69) is 4.99 Å². The van der Waals surface area contributed by atoms with Gasteiger partial charge in [0.05, 0.1) is 39.5 Å². The van der Waals surface area contributed by atoms with Gasteiger partial charge in [-0.15, -0.1) is 23.1 Å². The fraction of sp³-hybridized carbons (Fsp3) is 0.133. The van der Waals surface area contributed by atoms with Crippen LogP contribution in [-0.2, 0) is 9.53 Å². The molecule has 40 heavy (non-hydrogen) atoms. The molecule has 0 radical (unpaired) electrons. The van der Waals surface area contributed by atoms with Crippen molar-refractivity contribution in [2.75, 3.05) is 13.4 Å². The lowest BCUT2D eigenvalue weighted by atomic mass is 9.96. The Morgan fingerprint density at radius 1 is 1.07 bits per heavy atom. The molecule has 0 saturated carbocycles. The lowest BCUT2D eigenvalue weighted by Crippen LogP contribution is -2.39. The average molecular weight is 585 g/mol. The van der Waals surface area contributed by atoms with Crippen LogP contribution in [0.5, 0.6) is 0 Å². The van der Waals surface area contributed by atoms with E-state index in [1.807, 2.05) is 95.3 Å². The highest BCUT2D eigenvalue weighted by Gasteiger charge is 2.33. The molecule has 6 rings (SSSR count). The smallest absolute Gasteiger partial charge is 0.338 e. The van der Waals surface area contributed by atoms with Crippen LogP contribution >= 0.6 is 34.4 Å². The summed E-state index contributed by atoms with van der Waals surface area (Å²) in [5, 5.41) is 6.87. The summed E-state index contributed by atoms with van der Waals surface area (Å²) in [7, 11) is 1.35. The first kappa shape index (κ1) is 26.2. The Kier molecular flexibility index (Phi) is 7.14. The molecular weight excluding hydrogens is 561 g/mol. The Morgan fingerprint density at radius 3 is 2.52 bits per heavy atom. The number of rotatable bonds is 6. The van der Waals surface area contributed by atoms with Gasteiger partial charge in [0, 0.05) is 16.7 Å². The van der Waals surface area contributed by atoms with Crippen molar-refractivity contribution in [1.29, 1.82) is 0 Å². The number of hydrogen-bond acceptors (Lipinski definition) is 8. The van der Waals surface area contributed by atoms with Crippen LogP contribution in [0.3, 0.4) is 0 Å². The molecule has 1 aliphatic rings. The number of fused-ring (bicyclic) bond motifs is 1. The van der Waals surface area contributed by atoms with Gasteiger partial charge in [0.1, 0.15) is 5.69 Å². The van der Waals surface area contributed by atoms with E-state index in [-0.39, 0.29) is 5.56 Å². The standard InChI is InChI=1S/C30H24N4O3S3/c1-18-25(29(36)37-2)27(19-11-13-22(38-3)14-12-19)34-28(35)24(40-30(34)31-18)16-20-17-33(21-8-5-4-6-9-21)32-26(20)23-10-7-15-39-23/h4-17,27H,1-3H3. The zero-order chi connectivity index (χ0) is 27.8. The van der Waals surface area contributed by atoms with Gasteiger partial charge >= 0.3 is 5.97 Å². The lowest BCUT2D eigenvalue weighted by Gasteiger charge is -2.24. The van der Waals surface area contributed by atoms with E-state index in [0.29, 0.717) is 20.6 Å². The van der Waals surface area contributed by atoms with Gasteiger partial charge in [-0.2, -0.15) is 5.10 Å². The monoisotopic (exact) mass is 584 g/mol. The second-order valence-electron chi connectivity index (χ2n) is 9.04. The maximum absolute atomic E-state index is 14.0. The quantitative estimate of drug-likeness (QED) is 0.206. The average Bonchev–Trinajstić information content (AvgIpc) is 3.73. The number of hydrogen-bond donors (Lipinski definition) is 0.